The molecule has 7 heteroatoms. The van der Waals surface area contributed by atoms with Crippen molar-refractivity contribution in [1.82, 2.24) is 9.55 Å². The summed E-state index contributed by atoms with van der Waals surface area (Å²) < 4.78 is 7.33. The summed E-state index contributed by atoms with van der Waals surface area (Å²) in [5, 5.41) is 0.968. The van der Waals surface area contributed by atoms with Crippen molar-refractivity contribution >= 4 is 41.4 Å². The Morgan fingerprint density at radius 3 is 2.48 bits per heavy atom. The molecule has 0 bridgehead atoms. The molecule has 0 saturated carbocycles. The van der Waals surface area contributed by atoms with Gasteiger partial charge in [0.25, 0.3) is 0 Å². The van der Waals surface area contributed by atoms with E-state index in [2.05, 4.69) is 11.9 Å². The van der Waals surface area contributed by atoms with Gasteiger partial charge in [0.15, 0.2) is 10.5 Å². The highest BCUT2D eigenvalue weighted by Crippen LogP contribution is 2.34. The summed E-state index contributed by atoms with van der Waals surface area (Å²) in [6, 6.07) is 15.0. The van der Waals surface area contributed by atoms with Gasteiger partial charge in [0, 0.05) is 5.56 Å². The van der Waals surface area contributed by atoms with Crippen LogP contribution >= 0.6 is 35.4 Å². The molecule has 0 amide bonds. The number of benzene rings is 2. The molecule has 2 aromatic carbocycles. The van der Waals surface area contributed by atoms with Crippen LogP contribution in [0.4, 0.5) is 0 Å². The number of carbonyl (C=O) groups excluding carboxylic acids is 1. The Morgan fingerprint density at radius 1 is 1.19 bits per heavy atom. The smallest absolute Gasteiger partial charge is 0.356 e. The van der Waals surface area contributed by atoms with Crippen LogP contribution in [0.15, 0.2) is 48.5 Å². The first kappa shape index (κ1) is 19.7. The maximum Gasteiger partial charge on any atom is 0.356 e. The number of aromatic nitrogens is 2. The Hall–Kier alpha value is -2.08. The molecule has 0 aliphatic heterocycles. The minimum atomic E-state index is -0.470. The fourth-order valence-electron chi connectivity index (χ4n) is 3.16. The van der Waals surface area contributed by atoms with Gasteiger partial charge in [-0.1, -0.05) is 66.5 Å². The van der Waals surface area contributed by atoms with Crippen LogP contribution in [-0.2, 0) is 4.74 Å². The van der Waals surface area contributed by atoms with Gasteiger partial charge >= 0.3 is 5.97 Å². The number of H-pyrrole nitrogens is 1. The summed E-state index contributed by atoms with van der Waals surface area (Å²) >= 11 is 17.9. The first-order chi connectivity index (χ1) is 13.0. The van der Waals surface area contributed by atoms with Crippen LogP contribution in [0.3, 0.4) is 0 Å². The molecule has 0 aliphatic rings. The lowest BCUT2D eigenvalue weighted by molar-refractivity contribution is 0.0595. The highest BCUT2D eigenvalue weighted by molar-refractivity contribution is 7.71. The van der Waals surface area contributed by atoms with E-state index in [1.807, 2.05) is 47.0 Å². The lowest BCUT2D eigenvalue weighted by atomic mass is 10.0. The van der Waals surface area contributed by atoms with Crippen molar-refractivity contribution < 1.29 is 9.53 Å². The number of rotatable bonds is 5. The standard InChI is InChI=1S/C20H18Cl2N2O2S/c1-3-16(13-9-10-14(21)15(22)11-13)24-18(12-7-5-4-6-8-12)17(19(25)26-2)23-20(24)27/h4-11,16H,3H2,1-2H3,(H,23,27). The number of halogens is 2. The zero-order chi connectivity index (χ0) is 19.6. The number of imidazole rings is 1. The zero-order valence-electron chi connectivity index (χ0n) is 14.8. The average molecular weight is 421 g/mol. The van der Waals surface area contributed by atoms with Crippen molar-refractivity contribution in [2.24, 2.45) is 0 Å². The predicted molar refractivity (Wildman–Crippen MR) is 111 cm³/mol. The number of methoxy groups -OCH3 is 1. The van der Waals surface area contributed by atoms with Gasteiger partial charge in [0.05, 0.1) is 28.9 Å². The minimum absolute atomic E-state index is 0.128. The van der Waals surface area contributed by atoms with Gasteiger partial charge in [0.1, 0.15) is 0 Å². The monoisotopic (exact) mass is 420 g/mol. The topological polar surface area (TPSA) is 47.0 Å². The fraction of sp³-hybridized carbons (Fsp3) is 0.200. The second-order valence-electron chi connectivity index (χ2n) is 5.98. The van der Waals surface area contributed by atoms with Gasteiger partial charge in [-0.25, -0.2) is 4.79 Å². The van der Waals surface area contributed by atoms with E-state index in [9.17, 15) is 4.79 Å². The molecule has 0 aliphatic carbocycles. The van der Waals surface area contributed by atoms with Crippen molar-refractivity contribution in [2.45, 2.75) is 19.4 Å². The summed E-state index contributed by atoms with van der Waals surface area (Å²) in [5.41, 5.74) is 2.83. The van der Waals surface area contributed by atoms with E-state index >= 15 is 0 Å². The van der Waals surface area contributed by atoms with E-state index in [0.717, 1.165) is 17.5 Å². The van der Waals surface area contributed by atoms with Crippen molar-refractivity contribution in [3.05, 3.63) is 74.6 Å². The van der Waals surface area contributed by atoms with E-state index in [-0.39, 0.29) is 6.04 Å². The lowest BCUT2D eigenvalue weighted by Gasteiger charge is -2.21. The summed E-state index contributed by atoms with van der Waals surface area (Å²) in [6.45, 7) is 2.05. The first-order valence-electron chi connectivity index (χ1n) is 8.41. The largest absolute Gasteiger partial charge is 0.464 e. The molecule has 1 unspecified atom stereocenters. The van der Waals surface area contributed by atoms with Crippen LogP contribution in [0.2, 0.25) is 10.0 Å². The molecular formula is C20H18Cl2N2O2S. The van der Waals surface area contributed by atoms with Crippen LogP contribution in [0.1, 0.15) is 35.4 Å². The van der Waals surface area contributed by atoms with Crippen LogP contribution in [-0.4, -0.2) is 22.6 Å². The summed E-state index contributed by atoms with van der Waals surface area (Å²) in [6.07, 6.45) is 0.741. The van der Waals surface area contributed by atoms with Gasteiger partial charge in [0.2, 0.25) is 0 Å². The number of hydrogen-bond acceptors (Lipinski definition) is 3. The Kier molecular flexibility index (Phi) is 6.05. The summed E-state index contributed by atoms with van der Waals surface area (Å²) in [7, 11) is 1.35. The van der Waals surface area contributed by atoms with Crippen LogP contribution in [0.5, 0.6) is 0 Å². The molecule has 1 atom stereocenters. The third-order valence-corrected chi connectivity index (χ3v) is 5.43. The molecule has 1 N–H and O–H groups in total. The van der Waals surface area contributed by atoms with Gasteiger partial charge in [-0.3, -0.25) is 0 Å². The number of ether oxygens (including phenoxy) is 1. The number of nitrogens with one attached hydrogen (secondary N) is 1. The van der Waals surface area contributed by atoms with Crippen molar-refractivity contribution in [2.75, 3.05) is 7.11 Å². The first-order valence-corrected chi connectivity index (χ1v) is 9.57. The van der Waals surface area contributed by atoms with Crippen molar-refractivity contribution in [1.29, 1.82) is 0 Å². The zero-order valence-corrected chi connectivity index (χ0v) is 17.2. The molecule has 27 heavy (non-hydrogen) atoms. The molecule has 0 spiro atoms. The maximum absolute atomic E-state index is 12.4. The molecule has 0 fully saturated rings. The second-order valence-corrected chi connectivity index (χ2v) is 7.18. The third-order valence-electron chi connectivity index (χ3n) is 4.39. The fourth-order valence-corrected chi connectivity index (χ4v) is 3.79. The van der Waals surface area contributed by atoms with Gasteiger partial charge in [-0.05, 0) is 36.3 Å². The number of nitrogens with zero attached hydrogens (tertiary/aromatic N) is 1. The van der Waals surface area contributed by atoms with Crippen LogP contribution in [0, 0.1) is 4.77 Å². The van der Waals surface area contributed by atoms with E-state index in [1.54, 1.807) is 6.07 Å². The maximum atomic E-state index is 12.4. The number of aromatic amines is 1. The van der Waals surface area contributed by atoms with Crippen LogP contribution < -0.4 is 0 Å². The van der Waals surface area contributed by atoms with E-state index in [0.29, 0.717) is 26.2 Å². The van der Waals surface area contributed by atoms with Gasteiger partial charge < -0.3 is 14.3 Å². The number of esters is 1. The Labute approximate surface area is 172 Å². The average Bonchev–Trinajstić information content (AvgIpc) is 3.02. The highest BCUT2D eigenvalue weighted by atomic mass is 35.5. The molecule has 4 nitrogen and oxygen atoms in total. The SMILES string of the molecule is CCC(c1ccc(Cl)c(Cl)c1)n1c(-c2ccccc2)c(C(=O)OC)[nH]c1=S. The second kappa shape index (κ2) is 8.30. The molecular weight excluding hydrogens is 403 g/mol. The van der Waals surface area contributed by atoms with E-state index in [4.69, 9.17) is 40.2 Å². The Bertz CT molecular complexity index is 1030. The third kappa shape index (κ3) is 3.81. The molecule has 1 aromatic heterocycles. The van der Waals surface area contributed by atoms with Gasteiger partial charge in [-0.2, -0.15) is 0 Å². The molecule has 3 aromatic rings. The predicted octanol–water partition coefficient (Wildman–Crippen LogP) is 6.31. The Morgan fingerprint density at radius 2 is 1.89 bits per heavy atom. The molecule has 0 saturated heterocycles. The van der Waals surface area contributed by atoms with E-state index in [1.165, 1.54) is 7.11 Å². The Balaban J connectivity index is 2.27. The molecule has 140 valence electrons. The molecule has 3 rings (SSSR count). The summed E-state index contributed by atoms with van der Waals surface area (Å²) in [5.74, 6) is -0.470. The van der Waals surface area contributed by atoms with Crippen LogP contribution in [0.25, 0.3) is 11.3 Å². The quantitative estimate of drug-likeness (QED) is 0.388. The van der Waals surface area contributed by atoms with E-state index < -0.39 is 5.97 Å². The normalized spacial score (nSPS) is 12.0. The van der Waals surface area contributed by atoms with Crippen molar-refractivity contribution in [3.63, 3.8) is 0 Å². The number of hydrogen-bond donors (Lipinski definition) is 1. The minimum Gasteiger partial charge on any atom is -0.464 e. The molecule has 1 heterocycles. The highest BCUT2D eigenvalue weighted by Gasteiger charge is 2.25. The number of carbonyl (C=O) groups is 1. The van der Waals surface area contributed by atoms with Crippen molar-refractivity contribution in [3.8, 4) is 11.3 Å². The lowest BCUT2D eigenvalue weighted by Crippen LogP contribution is -2.13. The molecule has 0 radical (unpaired) electrons. The van der Waals surface area contributed by atoms with Gasteiger partial charge in [-0.15, -0.1) is 0 Å². The summed E-state index contributed by atoms with van der Waals surface area (Å²) in [4.78, 5) is 15.4.